The molecule has 0 unspecified atom stereocenters. The normalized spacial score (nSPS) is 12.7. The van der Waals surface area contributed by atoms with E-state index in [0.717, 1.165) is 18.2 Å². The number of nitrogens with zero attached hydrogens (tertiary/aromatic N) is 2. The minimum absolute atomic E-state index is 0.0119. The molecule has 2 aromatic heterocycles. The lowest BCUT2D eigenvalue weighted by Gasteiger charge is -2.11. The first-order chi connectivity index (χ1) is 12.1. The highest BCUT2D eigenvalue weighted by atomic mass is 32.2. The molecule has 0 saturated heterocycles. The van der Waals surface area contributed by atoms with E-state index in [1.54, 1.807) is 6.92 Å². The van der Waals surface area contributed by atoms with Gasteiger partial charge >= 0.3 is 12.4 Å². The summed E-state index contributed by atoms with van der Waals surface area (Å²) in [6.07, 6.45) is -8.37. The van der Waals surface area contributed by atoms with E-state index in [0.29, 0.717) is 22.4 Å². The maximum absolute atomic E-state index is 12.9. The molecule has 1 N–H and O–H groups in total. The minimum atomic E-state index is -4.56. The molecule has 0 atom stereocenters. The SMILES string of the molecule is CCSc1cc(C(F)(F)F)ccc1-c1nc2cc(C(F)(F)F)cnc2[nH]1. The van der Waals surface area contributed by atoms with Crippen molar-refractivity contribution in [2.45, 2.75) is 24.2 Å². The number of benzene rings is 1. The summed E-state index contributed by atoms with van der Waals surface area (Å²) >= 11 is 1.18. The molecule has 1 aromatic carbocycles. The minimum Gasteiger partial charge on any atom is -0.323 e. The summed E-state index contributed by atoms with van der Waals surface area (Å²) in [5, 5.41) is 0. The Kier molecular flexibility index (Phi) is 4.63. The Balaban J connectivity index is 2.10. The first-order valence-electron chi connectivity index (χ1n) is 7.37. The zero-order chi connectivity index (χ0) is 19.1. The number of hydrogen-bond acceptors (Lipinski definition) is 3. The van der Waals surface area contributed by atoms with Crippen molar-refractivity contribution in [3.63, 3.8) is 0 Å². The second kappa shape index (κ2) is 6.49. The molecule has 10 heteroatoms. The number of fused-ring (bicyclic) bond motifs is 1. The van der Waals surface area contributed by atoms with Crippen LogP contribution in [0.3, 0.4) is 0 Å². The van der Waals surface area contributed by atoms with Gasteiger partial charge in [-0.3, -0.25) is 0 Å². The highest BCUT2D eigenvalue weighted by Crippen LogP contribution is 2.37. The summed E-state index contributed by atoms with van der Waals surface area (Å²) in [5.74, 6) is 0.682. The average Bonchev–Trinajstić information content (AvgIpc) is 2.96. The molecule has 3 aromatic rings. The van der Waals surface area contributed by atoms with Gasteiger partial charge < -0.3 is 4.98 Å². The van der Waals surface area contributed by atoms with Crippen molar-refractivity contribution in [3.05, 3.63) is 41.6 Å². The molecule has 0 radical (unpaired) electrons. The molecule has 26 heavy (non-hydrogen) atoms. The molecular formula is C16H11F6N3S. The molecule has 0 saturated carbocycles. The number of thioether (sulfide) groups is 1. The summed E-state index contributed by atoms with van der Waals surface area (Å²) in [4.78, 5) is 10.9. The second-order valence-electron chi connectivity index (χ2n) is 5.32. The predicted molar refractivity (Wildman–Crippen MR) is 85.7 cm³/mol. The molecule has 0 bridgehead atoms. The number of alkyl halides is 6. The number of aromatic amines is 1. The number of H-pyrrole nitrogens is 1. The number of halogens is 6. The fourth-order valence-corrected chi connectivity index (χ4v) is 3.19. The van der Waals surface area contributed by atoms with Crippen molar-refractivity contribution in [1.29, 1.82) is 0 Å². The molecular weight excluding hydrogens is 380 g/mol. The Morgan fingerprint density at radius 3 is 2.31 bits per heavy atom. The Labute approximate surface area is 147 Å². The fourth-order valence-electron chi connectivity index (χ4n) is 2.35. The summed E-state index contributed by atoms with van der Waals surface area (Å²) < 4.78 is 77.1. The summed E-state index contributed by atoms with van der Waals surface area (Å²) in [5.41, 5.74) is -1.26. The Bertz CT molecular complexity index is 945. The first-order valence-corrected chi connectivity index (χ1v) is 8.35. The molecule has 2 heterocycles. The largest absolute Gasteiger partial charge is 0.417 e. The van der Waals surface area contributed by atoms with E-state index in [9.17, 15) is 26.3 Å². The summed E-state index contributed by atoms with van der Waals surface area (Å²) in [6.45, 7) is 1.78. The lowest BCUT2D eigenvalue weighted by Crippen LogP contribution is -2.05. The van der Waals surface area contributed by atoms with Gasteiger partial charge in [0.05, 0.1) is 11.1 Å². The number of pyridine rings is 1. The van der Waals surface area contributed by atoms with Gasteiger partial charge in [-0.05, 0) is 30.0 Å². The number of nitrogens with one attached hydrogen (secondary N) is 1. The van der Waals surface area contributed by atoms with Crippen molar-refractivity contribution < 1.29 is 26.3 Å². The van der Waals surface area contributed by atoms with Gasteiger partial charge in [-0.25, -0.2) is 9.97 Å². The van der Waals surface area contributed by atoms with Crippen molar-refractivity contribution in [2.75, 3.05) is 5.75 Å². The predicted octanol–water partition coefficient (Wildman–Crippen LogP) is 5.77. The van der Waals surface area contributed by atoms with Crippen LogP contribution >= 0.6 is 11.8 Å². The van der Waals surface area contributed by atoms with Gasteiger partial charge in [-0.15, -0.1) is 11.8 Å². The third-order valence-electron chi connectivity index (χ3n) is 3.53. The monoisotopic (exact) mass is 391 g/mol. The van der Waals surface area contributed by atoms with Gasteiger partial charge in [-0.2, -0.15) is 26.3 Å². The molecule has 0 spiro atoms. The molecule has 3 nitrogen and oxygen atoms in total. The average molecular weight is 391 g/mol. The second-order valence-corrected chi connectivity index (χ2v) is 6.62. The molecule has 0 aliphatic rings. The standard InChI is InChI=1S/C16H11F6N3S/c1-2-26-12-6-8(15(17,18)19)3-4-10(12)13-24-11-5-9(16(20,21)22)7-23-14(11)25-13/h3-7H,2H2,1H3,(H,23,24,25). The van der Waals surface area contributed by atoms with Crippen LogP contribution < -0.4 is 0 Å². The van der Waals surface area contributed by atoms with Gasteiger partial charge in [0.2, 0.25) is 0 Å². The van der Waals surface area contributed by atoms with E-state index in [1.165, 1.54) is 17.8 Å². The quantitative estimate of drug-likeness (QED) is 0.455. The van der Waals surface area contributed by atoms with E-state index in [-0.39, 0.29) is 17.0 Å². The maximum atomic E-state index is 12.9. The topological polar surface area (TPSA) is 41.6 Å². The van der Waals surface area contributed by atoms with E-state index < -0.39 is 23.5 Å². The van der Waals surface area contributed by atoms with Crippen molar-refractivity contribution in [2.24, 2.45) is 0 Å². The third kappa shape index (κ3) is 3.64. The zero-order valence-corrected chi connectivity index (χ0v) is 14.0. The van der Waals surface area contributed by atoms with E-state index in [4.69, 9.17) is 0 Å². The van der Waals surface area contributed by atoms with Crippen LogP contribution in [0.1, 0.15) is 18.1 Å². The Morgan fingerprint density at radius 1 is 1.00 bits per heavy atom. The van der Waals surface area contributed by atoms with Crippen LogP contribution in [-0.2, 0) is 12.4 Å². The van der Waals surface area contributed by atoms with Crippen molar-refractivity contribution >= 4 is 22.9 Å². The van der Waals surface area contributed by atoms with Gasteiger partial charge in [0.1, 0.15) is 11.3 Å². The third-order valence-corrected chi connectivity index (χ3v) is 4.47. The van der Waals surface area contributed by atoms with Gasteiger partial charge in [0.25, 0.3) is 0 Å². The number of rotatable bonds is 3. The van der Waals surface area contributed by atoms with E-state index in [2.05, 4.69) is 15.0 Å². The van der Waals surface area contributed by atoms with Crippen LogP contribution in [0.15, 0.2) is 35.4 Å². The number of imidazole rings is 1. The molecule has 0 aliphatic heterocycles. The summed E-state index contributed by atoms with van der Waals surface area (Å²) in [6, 6.07) is 4.02. The first kappa shape index (κ1) is 18.6. The lowest BCUT2D eigenvalue weighted by molar-refractivity contribution is -0.138. The molecule has 0 aliphatic carbocycles. The lowest BCUT2D eigenvalue weighted by atomic mass is 10.1. The molecule has 138 valence electrons. The molecule has 0 amide bonds. The van der Waals surface area contributed by atoms with Crippen LogP contribution in [-0.4, -0.2) is 20.7 Å². The summed E-state index contributed by atoms with van der Waals surface area (Å²) in [7, 11) is 0. The van der Waals surface area contributed by atoms with Crippen LogP contribution in [0.2, 0.25) is 0 Å². The smallest absolute Gasteiger partial charge is 0.323 e. The van der Waals surface area contributed by atoms with Gasteiger partial charge in [-0.1, -0.05) is 6.92 Å². The van der Waals surface area contributed by atoms with Crippen LogP contribution in [0.4, 0.5) is 26.3 Å². The van der Waals surface area contributed by atoms with E-state index >= 15 is 0 Å². The van der Waals surface area contributed by atoms with Crippen LogP contribution in [0.25, 0.3) is 22.6 Å². The Hall–Kier alpha value is -2.23. The number of aromatic nitrogens is 3. The molecule has 3 rings (SSSR count). The highest BCUT2D eigenvalue weighted by Gasteiger charge is 2.32. The molecule has 0 fully saturated rings. The highest BCUT2D eigenvalue weighted by molar-refractivity contribution is 7.99. The fraction of sp³-hybridized carbons (Fsp3) is 0.250. The van der Waals surface area contributed by atoms with Crippen molar-refractivity contribution in [1.82, 2.24) is 15.0 Å². The van der Waals surface area contributed by atoms with Gasteiger partial charge in [0.15, 0.2) is 5.65 Å². The number of hydrogen-bond donors (Lipinski definition) is 1. The Morgan fingerprint density at radius 2 is 1.69 bits per heavy atom. The van der Waals surface area contributed by atoms with Crippen LogP contribution in [0.5, 0.6) is 0 Å². The van der Waals surface area contributed by atoms with Gasteiger partial charge in [0, 0.05) is 16.7 Å². The van der Waals surface area contributed by atoms with Crippen LogP contribution in [0, 0.1) is 0 Å². The maximum Gasteiger partial charge on any atom is 0.417 e. The van der Waals surface area contributed by atoms with Crippen molar-refractivity contribution in [3.8, 4) is 11.4 Å². The zero-order valence-electron chi connectivity index (χ0n) is 13.2. The van der Waals surface area contributed by atoms with E-state index in [1.807, 2.05) is 0 Å².